The van der Waals surface area contributed by atoms with Crippen molar-refractivity contribution in [3.63, 3.8) is 0 Å². The molecule has 0 aliphatic carbocycles. The van der Waals surface area contributed by atoms with Crippen molar-refractivity contribution in [3.05, 3.63) is 18.0 Å². The molecule has 0 saturated carbocycles. The average molecular weight is 333 g/mol. The van der Waals surface area contributed by atoms with E-state index in [1.165, 1.54) is 0 Å². The maximum absolute atomic E-state index is 12.8. The molecule has 3 rings (SSSR count). The number of carbonyl (C=O) groups excluding carboxylic acids is 2. The highest BCUT2D eigenvalue weighted by Gasteiger charge is 2.46. The van der Waals surface area contributed by atoms with Crippen molar-refractivity contribution in [3.8, 4) is 0 Å². The van der Waals surface area contributed by atoms with Crippen LogP contribution in [0.1, 0.15) is 37.8 Å². The number of likely N-dealkylation sites (N-methyl/N-ethyl adjacent to an activating group) is 1. The fraction of sp³-hybridized carbons (Fsp3) is 0.706. The minimum absolute atomic E-state index is 0.0737. The number of hydrogen-bond acceptors (Lipinski definition) is 4. The summed E-state index contributed by atoms with van der Waals surface area (Å²) in [6.45, 7) is 6.72. The summed E-state index contributed by atoms with van der Waals surface area (Å²) in [7, 11) is 2.03. The number of likely N-dealkylation sites (tertiary alicyclic amines) is 1. The quantitative estimate of drug-likeness (QED) is 0.859. The first-order chi connectivity index (χ1) is 11.4. The number of amides is 2. The van der Waals surface area contributed by atoms with Gasteiger partial charge >= 0.3 is 0 Å². The second-order valence-electron chi connectivity index (χ2n) is 7.06. The molecule has 7 nitrogen and oxygen atoms in total. The van der Waals surface area contributed by atoms with E-state index < -0.39 is 5.54 Å². The van der Waals surface area contributed by atoms with Gasteiger partial charge in [-0.25, -0.2) is 0 Å². The molecule has 2 amide bonds. The third kappa shape index (κ3) is 2.92. The SMILES string of the molecule is Cc1cnn([C@@H](C)C(=O)N2CCC3(CC2)C(=O)NCCCN3C)c1. The molecule has 3 heterocycles. The molecule has 1 N–H and O–H groups in total. The van der Waals surface area contributed by atoms with Crippen LogP contribution >= 0.6 is 0 Å². The van der Waals surface area contributed by atoms with Gasteiger partial charge in [-0.05, 0) is 45.7 Å². The van der Waals surface area contributed by atoms with Crippen LogP contribution in [0.3, 0.4) is 0 Å². The Morgan fingerprint density at radius 1 is 1.33 bits per heavy atom. The molecule has 1 atom stereocenters. The van der Waals surface area contributed by atoms with Gasteiger partial charge in [0.1, 0.15) is 11.6 Å². The van der Waals surface area contributed by atoms with Crippen molar-refractivity contribution >= 4 is 11.8 Å². The molecule has 2 aliphatic heterocycles. The van der Waals surface area contributed by atoms with Crippen LogP contribution in [0.4, 0.5) is 0 Å². The lowest BCUT2D eigenvalue weighted by molar-refractivity contribution is -0.143. The molecule has 132 valence electrons. The summed E-state index contributed by atoms with van der Waals surface area (Å²) >= 11 is 0. The Bertz CT molecular complexity index is 618. The van der Waals surface area contributed by atoms with Crippen molar-refractivity contribution in [2.24, 2.45) is 0 Å². The van der Waals surface area contributed by atoms with Crippen molar-refractivity contribution in [2.45, 2.75) is 44.7 Å². The minimum atomic E-state index is -0.460. The van der Waals surface area contributed by atoms with Gasteiger partial charge in [-0.2, -0.15) is 5.10 Å². The van der Waals surface area contributed by atoms with E-state index in [-0.39, 0.29) is 17.9 Å². The molecule has 1 spiro atoms. The van der Waals surface area contributed by atoms with E-state index in [4.69, 9.17) is 0 Å². The van der Waals surface area contributed by atoms with Gasteiger partial charge in [0.2, 0.25) is 11.8 Å². The summed E-state index contributed by atoms with van der Waals surface area (Å²) in [5.41, 5.74) is 0.586. The zero-order valence-electron chi connectivity index (χ0n) is 14.8. The second kappa shape index (κ2) is 6.55. The van der Waals surface area contributed by atoms with Crippen LogP contribution in [0.2, 0.25) is 0 Å². The largest absolute Gasteiger partial charge is 0.354 e. The summed E-state index contributed by atoms with van der Waals surface area (Å²) in [5, 5.41) is 7.28. The van der Waals surface area contributed by atoms with E-state index in [2.05, 4.69) is 15.3 Å². The van der Waals surface area contributed by atoms with Gasteiger partial charge in [-0.15, -0.1) is 0 Å². The molecular weight excluding hydrogens is 306 g/mol. The molecule has 0 radical (unpaired) electrons. The molecule has 0 aromatic carbocycles. The topological polar surface area (TPSA) is 70.5 Å². The highest BCUT2D eigenvalue weighted by Crippen LogP contribution is 2.30. The number of piperidine rings is 1. The lowest BCUT2D eigenvalue weighted by Gasteiger charge is -2.45. The Labute approximate surface area is 143 Å². The molecule has 7 heteroatoms. The first-order valence-corrected chi connectivity index (χ1v) is 8.73. The van der Waals surface area contributed by atoms with Crippen LogP contribution in [-0.4, -0.2) is 70.2 Å². The number of rotatable bonds is 2. The molecule has 2 saturated heterocycles. The van der Waals surface area contributed by atoms with E-state index in [9.17, 15) is 9.59 Å². The third-order valence-corrected chi connectivity index (χ3v) is 5.50. The van der Waals surface area contributed by atoms with Crippen LogP contribution in [0.15, 0.2) is 12.4 Å². The van der Waals surface area contributed by atoms with E-state index in [1.807, 2.05) is 32.0 Å². The van der Waals surface area contributed by atoms with Gasteiger partial charge in [0.25, 0.3) is 0 Å². The van der Waals surface area contributed by atoms with Gasteiger partial charge in [0, 0.05) is 32.4 Å². The van der Waals surface area contributed by atoms with E-state index in [0.717, 1.165) is 25.1 Å². The molecule has 2 fully saturated rings. The summed E-state index contributed by atoms with van der Waals surface area (Å²) in [4.78, 5) is 29.4. The molecular formula is C17H27N5O2. The van der Waals surface area contributed by atoms with Crippen molar-refractivity contribution in [1.29, 1.82) is 0 Å². The van der Waals surface area contributed by atoms with E-state index in [1.54, 1.807) is 10.9 Å². The van der Waals surface area contributed by atoms with Gasteiger partial charge < -0.3 is 10.2 Å². The van der Waals surface area contributed by atoms with E-state index in [0.29, 0.717) is 25.9 Å². The molecule has 1 aromatic rings. The summed E-state index contributed by atoms with van der Waals surface area (Å²) < 4.78 is 1.71. The summed E-state index contributed by atoms with van der Waals surface area (Å²) in [6.07, 6.45) is 6.00. The van der Waals surface area contributed by atoms with Crippen LogP contribution < -0.4 is 5.32 Å². The third-order valence-electron chi connectivity index (χ3n) is 5.50. The van der Waals surface area contributed by atoms with Gasteiger partial charge in [-0.1, -0.05) is 0 Å². The number of aromatic nitrogens is 2. The number of nitrogens with zero attached hydrogens (tertiary/aromatic N) is 4. The van der Waals surface area contributed by atoms with Gasteiger partial charge in [0.15, 0.2) is 0 Å². The Morgan fingerprint density at radius 2 is 2.04 bits per heavy atom. The van der Waals surface area contributed by atoms with Gasteiger partial charge in [-0.3, -0.25) is 19.2 Å². The number of carbonyl (C=O) groups is 2. The average Bonchev–Trinajstić information content (AvgIpc) is 2.98. The number of nitrogens with one attached hydrogen (secondary N) is 1. The molecule has 1 aromatic heterocycles. The number of hydrogen-bond donors (Lipinski definition) is 1. The summed E-state index contributed by atoms with van der Waals surface area (Å²) in [6, 6.07) is -0.312. The normalized spacial score (nSPS) is 23.0. The maximum Gasteiger partial charge on any atom is 0.247 e. The Kier molecular flexibility index (Phi) is 4.62. The standard InChI is InChI=1S/C17H27N5O2/c1-13-11-19-22(12-13)14(2)15(23)21-9-5-17(6-10-21)16(24)18-7-4-8-20(17)3/h11-12,14H,4-10H2,1-3H3,(H,18,24)/t14-/m0/s1. The fourth-order valence-electron chi connectivity index (χ4n) is 3.80. The predicted octanol–water partition coefficient (Wildman–Crippen LogP) is 0.565. The highest BCUT2D eigenvalue weighted by atomic mass is 16.2. The smallest absolute Gasteiger partial charge is 0.247 e. The van der Waals surface area contributed by atoms with Crippen LogP contribution in [0.5, 0.6) is 0 Å². The molecule has 0 bridgehead atoms. The molecule has 24 heavy (non-hydrogen) atoms. The second-order valence-corrected chi connectivity index (χ2v) is 7.06. The Morgan fingerprint density at radius 3 is 2.67 bits per heavy atom. The van der Waals surface area contributed by atoms with Crippen molar-refractivity contribution < 1.29 is 9.59 Å². The maximum atomic E-state index is 12.8. The van der Waals surface area contributed by atoms with Crippen LogP contribution in [0, 0.1) is 6.92 Å². The fourth-order valence-corrected chi connectivity index (χ4v) is 3.80. The zero-order valence-corrected chi connectivity index (χ0v) is 14.8. The predicted molar refractivity (Wildman–Crippen MR) is 90.5 cm³/mol. The zero-order chi connectivity index (χ0) is 17.3. The lowest BCUT2D eigenvalue weighted by atomic mass is 9.85. The summed E-state index contributed by atoms with van der Waals surface area (Å²) in [5.74, 6) is 0.190. The van der Waals surface area contributed by atoms with Gasteiger partial charge in [0.05, 0.1) is 6.20 Å². The van der Waals surface area contributed by atoms with Crippen LogP contribution in [-0.2, 0) is 9.59 Å². The lowest BCUT2D eigenvalue weighted by Crippen LogP contribution is -2.61. The first kappa shape index (κ1) is 17.0. The molecule has 0 unspecified atom stereocenters. The Balaban J connectivity index is 1.67. The number of aryl methyl sites for hydroxylation is 1. The first-order valence-electron chi connectivity index (χ1n) is 8.73. The highest BCUT2D eigenvalue weighted by molar-refractivity contribution is 5.87. The molecule has 2 aliphatic rings. The van der Waals surface area contributed by atoms with E-state index >= 15 is 0 Å². The monoisotopic (exact) mass is 333 g/mol. The Hall–Kier alpha value is -1.89. The van der Waals surface area contributed by atoms with Crippen LogP contribution in [0.25, 0.3) is 0 Å². The van der Waals surface area contributed by atoms with Crippen molar-refractivity contribution in [1.82, 2.24) is 24.9 Å². The van der Waals surface area contributed by atoms with Crippen molar-refractivity contribution in [2.75, 3.05) is 33.2 Å². The minimum Gasteiger partial charge on any atom is -0.354 e.